The molecule has 1 aromatic rings. The van der Waals surface area contributed by atoms with Gasteiger partial charge in [0.15, 0.2) is 0 Å². The molecule has 0 radical (unpaired) electrons. The second-order valence-electron chi connectivity index (χ2n) is 5.18. The maximum atomic E-state index is 5.61. The van der Waals surface area contributed by atoms with Crippen LogP contribution in [0.4, 0.5) is 0 Å². The van der Waals surface area contributed by atoms with E-state index in [2.05, 4.69) is 44.3 Å². The summed E-state index contributed by atoms with van der Waals surface area (Å²) in [4.78, 5) is 0. The van der Waals surface area contributed by atoms with E-state index >= 15 is 0 Å². The summed E-state index contributed by atoms with van der Waals surface area (Å²) in [6.45, 7) is 9.06. The first kappa shape index (κ1) is 17.0. The number of nitrogens with one attached hydrogen (secondary N) is 1. The number of methoxy groups -OCH3 is 1. The summed E-state index contributed by atoms with van der Waals surface area (Å²) in [5.41, 5.74) is 2.55. The Balaban J connectivity index is 2.61. The van der Waals surface area contributed by atoms with Gasteiger partial charge in [0.05, 0.1) is 7.11 Å². The van der Waals surface area contributed by atoms with Gasteiger partial charge in [-0.3, -0.25) is 0 Å². The first-order chi connectivity index (χ1) is 9.71. The Morgan fingerprint density at radius 2 is 2.00 bits per heavy atom. The highest BCUT2D eigenvalue weighted by atomic mass is 16.5. The lowest BCUT2D eigenvalue weighted by atomic mass is 10.0. The third-order valence-electron chi connectivity index (χ3n) is 3.35. The predicted molar refractivity (Wildman–Crippen MR) is 84.6 cm³/mol. The number of benzene rings is 1. The van der Waals surface area contributed by atoms with Crippen molar-refractivity contribution in [2.75, 3.05) is 26.9 Å². The molecule has 0 aliphatic heterocycles. The number of hydrogen-bond donors (Lipinski definition) is 1. The van der Waals surface area contributed by atoms with Crippen LogP contribution >= 0.6 is 0 Å². The van der Waals surface area contributed by atoms with E-state index in [9.17, 15) is 0 Å². The first-order valence-electron chi connectivity index (χ1n) is 7.65. The topological polar surface area (TPSA) is 30.5 Å². The maximum absolute atomic E-state index is 5.61. The van der Waals surface area contributed by atoms with Gasteiger partial charge in [0.25, 0.3) is 0 Å². The molecule has 114 valence electrons. The highest BCUT2D eigenvalue weighted by molar-refractivity contribution is 5.37. The van der Waals surface area contributed by atoms with E-state index in [0.29, 0.717) is 6.04 Å². The minimum absolute atomic E-state index is 0.438. The lowest BCUT2D eigenvalue weighted by Crippen LogP contribution is -2.32. The predicted octanol–water partition coefficient (Wildman–Crippen LogP) is 3.34. The molecule has 20 heavy (non-hydrogen) atoms. The van der Waals surface area contributed by atoms with Gasteiger partial charge < -0.3 is 14.8 Å². The van der Waals surface area contributed by atoms with Crippen LogP contribution in [0.2, 0.25) is 0 Å². The van der Waals surface area contributed by atoms with Crippen molar-refractivity contribution in [2.24, 2.45) is 0 Å². The molecule has 3 heteroatoms. The van der Waals surface area contributed by atoms with Crippen LogP contribution in [-0.2, 0) is 11.2 Å². The molecule has 0 aliphatic carbocycles. The minimum Gasteiger partial charge on any atom is -0.496 e. The van der Waals surface area contributed by atoms with Crippen LogP contribution in [0, 0.1) is 6.92 Å². The normalized spacial score (nSPS) is 12.4. The number of likely N-dealkylation sites (N-methyl/N-ethyl adjacent to an activating group) is 1. The molecule has 0 aromatic heterocycles. The van der Waals surface area contributed by atoms with Crippen LogP contribution in [0.5, 0.6) is 5.75 Å². The molecule has 0 fully saturated rings. The molecule has 1 atom stereocenters. The highest BCUT2D eigenvalue weighted by Gasteiger charge is 2.12. The van der Waals surface area contributed by atoms with E-state index in [-0.39, 0.29) is 0 Å². The van der Waals surface area contributed by atoms with Gasteiger partial charge in [-0.1, -0.05) is 31.5 Å². The molecule has 1 unspecified atom stereocenters. The Hall–Kier alpha value is -1.06. The zero-order valence-corrected chi connectivity index (χ0v) is 13.4. The van der Waals surface area contributed by atoms with E-state index in [0.717, 1.165) is 44.8 Å². The Bertz CT molecular complexity index is 379. The molecule has 0 spiro atoms. The van der Waals surface area contributed by atoms with Crippen LogP contribution in [0.3, 0.4) is 0 Å². The Kier molecular flexibility index (Phi) is 8.31. The monoisotopic (exact) mass is 279 g/mol. The molecule has 0 heterocycles. The summed E-state index contributed by atoms with van der Waals surface area (Å²) >= 11 is 0. The fraction of sp³-hybridized carbons (Fsp3) is 0.647. The van der Waals surface area contributed by atoms with Crippen LogP contribution in [0.25, 0.3) is 0 Å². The first-order valence-corrected chi connectivity index (χ1v) is 7.65. The molecule has 1 aromatic carbocycles. The van der Waals surface area contributed by atoms with Crippen molar-refractivity contribution in [2.45, 2.75) is 46.1 Å². The smallest absolute Gasteiger partial charge is 0.122 e. The average Bonchev–Trinajstić information content (AvgIpc) is 2.44. The minimum atomic E-state index is 0.438. The summed E-state index contributed by atoms with van der Waals surface area (Å²) < 4.78 is 11.1. The molecule has 3 nitrogen and oxygen atoms in total. The van der Waals surface area contributed by atoms with E-state index in [1.165, 1.54) is 11.1 Å². The molecular formula is C17H29NO2. The summed E-state index contributed by atoms with van der Waals surface area (Å²) in [6, 6.07) is 6.80. The van der Waals surface area contributed by atoms with Gasteiger partial charge in [-0.15, -0.1) is 0 Å². The Morgan fingerprint density at radius 3 is 2.65 bits per heavy atom. The van der Waals surface area contributed by atoms with Crippen molar-refractivity contribution < 1.29 is 9.47 Å². The summed E-state index contributed by atoms with van der Waals surface area (Å²) in [7, 11) is 1.74. The number of ether oxygens (including phenoxy) is 2. The molecule has 0 bridgehead atoms. The van der Waals surface area contributed by atoms with Gasteiger partial charge >= 0.3 is 0 Å². The number of rotatable bonds is 10. The van der Waals surface area contributed by atoms with Crippen molar-refractivity contribution in [3.05, 3.63) is 29.3 Å². The van der Waals surface area contributed by atoms with Gasteiger partial charge in [0, 0.05) is 19.3 Å². The van der Waals surface area contributed by atoms with Gasteiger partial charge in [-0.25, -0.2) is 0 Å². The molecule has 0 saturated carbocycles. The fourth-order valence-electron chi connectivity index (χ4n) is 2.37. The summed E-state index contributed by atoms with van der Waals surface area (Å²) in [5, 5.41) is 3.54. The quantitative estimate of drug-likeness (QED) is 0.666. The van der Waals surface area contributed by atoms with Crippen LogP contribution in [0.1, 0.15) is 37.8 Å². The van der Waals surface area contributed by atoms with Crippen molar-refractivity contribution in [1.82, 2.24) is 5.32 Å². The second-order valence-corrected chi connectivity index (χ2v) is 5.18. The van der Waals surface area contributed by atoms with E-state index < -0.39 is 0 Å². The maximum Gasteiger partial charge on any atom is 0.122 e. The Labute approximate surface area is 123 Å². The molecule has 0 saturated heterocycles. The lowest BCUT2D eigenvalue weighted by Gasteiger charge is -2.19. The SMILES string of the molecule is CCCOCCC(Cc1cc(C)ccc1OC)NCC. The van der Waals surface area contributed by atoms with E-state index in [1.807, 2.05) is 0 Å². The van der Waals surface area contributed by atoms with Gasteiger partial charge in [-0.2, -0.15) is 0 Å². The van der Waals surface area contributed by atoms with Gasteiger partial charge in [-0.05, 0) is 44.4 Å². The van der Waals surface area contributed by atoms with Crippen LogP contribution in [-0.4, -0.2) is 32.9 Å². The summed E-state index contributed by atoms with van der Waals surface area (Å²) in [6.07, 6.45) is 3.09. The highest BCUT2D eigenvalue weighted by Crippen LogP contribution is 2.21. The zero-order chi connectivity index (χ0) is 14.8. The molecule has 1 N–H and O–H groups in total. The zero-order valence-electron chi connectivity index (χ0n) is 13.4. The standard InChI is InChI=1S/C17H29NO2/c1-5-10-20-11-9-16(18-6-2)13-15-12-14(3)7-8-17(15)19-4/h7-8,12,16,18H,5-6,9-11,13H2,1-4H3. The van der Waals surface area contributed by atoms with Crippen molar-refractivity contribution in [3.63, 3.8) is 0 Å². The van der Waals surface area contributed by atoms with Crippen molar-refractivity contribution in [3.8, 4) is 5.75 Å². The fourth-order valence-corrected chi connectivity index (χ4v) is 2.37. The van der Waals surface area contributed by atoms with Crippen molar-refractivity contribution in [1.29, 1.82) is 0 Å². The van der Waals surface area contributed by atoms with Crippen LogP contribution in [0.15, 0.2) is 18.2 Å². The second kappa shape index (κ2) is 9.78. The van der Waals surface area contributed by atoms with Crippen LogP contribution < -0.4 is 10.1 Å². The van der Waals surface area contributed by atoms with Gasteiger partial charge in [0.2, 0.25) is 0 Å². The van der Waals surface area contributed by atoms with Crippen molar-refractivity contribution >= 4 is 0 Å². The number of aryl methyl sites for hydroxylation is 1. The third-order valence-corrected chi connectivity index (χ3v) is 3.35. The van der Waals surface area contributed by atoms with E-state index in [1.54, 1.807) is 7.11 Å². The molecule has 1 rings (SSSR count). The molecule has 0 amide bonds. The lowest BCUT2D eigenvalue weighted by molar-refractivity contribution is 0.124. The Morgan fingerprint density at radius 1 is 1.20 bits per heavy atom. The summed E-state index contributed by atoms with van der Waals surface area (Å²) in [5.74, 6) is 0.980. The number of hydrogen-bond acceptors (Lipinski definition) is 3. The van der Waals surface area contributed by atoms with Gasteiger partial charge in [0.1, 0.15) is 5.75 Å². The molecular weight excluding hydrogens is 250 g/mol. The van der Waals surface area contributed by atoms with E-state index in [4.69, 9.17) is 9.47 Å². The average molecular weight is 279 g/mol. The largest absolute Gasteiger partial charge is 0.496 e. The third kappa shape index (κ3) is 5.93. The molecule has 0 aliphatic rings.